The second-order valence-electron chi connectivity index (χ2n) is 4.03. The Morgan fingerprint density at radius 1 is 1.50 bits per heavy atom. The van der Waals surface area contributed by atoms with Crippen molar-refractivity contribution in [1.82, 2.24) is 4.90 Å². The lowest BCUT2D eigenvalue weighted by Crippen LogP contribution is -2.30. The molecule has 1 amide bonds. The summed E-state index contributed by atoms with van der Waals surface area (Å²) in [5.41, 5.74) is 0.954. The molecule has 0 spiro atoms. The first-order valence-electron chi connectivity index (χ1n) is 5.31. The van der Waals surface area contributed by atoms with Crippen LogP contribution in [0, 0.1) is 0 Å². The van der Waals surface area contributed by atoms with Crippen molar-refractivity contribution >= 4 is 29.1 Å². The van der Waals surface area contributed by atoms with Crippen LogP contribution in [0.3, 0.4) is 0 Å². The first-order valence-corrected chi connectivity index (χ1v) is 6.13. The first kappa shape index (κ1) is 11.7. The number of carbonyl (C=O) groups excluding carboxylic acids is 1. The highest BCUT2D eigenvalue weighted by Crippen LogP contribution is 2.17. The number of likely N-dealkylation sites (tertiary alicyclic amines) is 1. The van der Waals surface area contributed by atoms with Gasteiger partial charge in [-0.2, -0.15) is 0 Å². The second-order valence-corrected chi connectivity index (χ2v) is 5.09. The number of alkyl halides is 1. The van der Waals surface area contributed by atoms with E-state index in [9.17, 15) is 4.79 Å². The van der Waals surface area contributed by atoms with E-state index in [4.69, 9.17) is 23.2 Å². The van der Waals surface area contributed by atoms with Gasteiger partial charge >= 0.3 is 0 Å². The summed E-state index contributed by atoms with van der Waals surface area (Å²) in [5.74, 6) is 0.130. The van der Waals surface area contributed by atoms with Crippen LogP contribution in [-0.4, -0.2) is 29.3 Å². The summed E-state index contributed by atoms with van der Waals surface area (Å²) in [4.78, 5) is 13.7. The number of halogens is 2. The fourth-order valence-electron chi connectivity index (χ4n) is 1.88. The molecule has 1 heterocycles. The third kappa shape index (κ3) is 2.89. The average Bonchev–Trinajstić information content (AvgIpc) is 2.65. The number of nitrogens with zero attached hydrogens (tertiary/aromatic N) is 1. The molecule has 1 saturated heterocycles. The second kappa shape index (κ2) is 5.07. The van der Waals surface area contributed by atoms with Gasteiger partial charge in [0, 0.05) is 18.1 Å². The van der Waals surface area contributed by atoms with Crippen molar-refractivity contribution in [2.45, 2.75) is 18.2 Å². The predicted molar refractivity (Wildman–Crippen MR) is 66.0 cm³/mol. The zero-order valence-electron chi connectivity index (χ0n) is 8.83. The van der Waals surface area contributed by atoms with E-state index in [1.54, 1.807) is 6.07 Å². The van der Waals surface area contributed by atoms with Gasteiger partial charge in [-0.25, -0.2) is 0 Å². The van der Waals surface area contributed by atoms with E-state index < -0.39 is 0 Å². The topological polar surface area (TPSA) is 20.3 Å². The van der Waals surface area contributed by atoms with E-state index in [0.29, 0.717) is 18.0 Å². The van der Waals surface area contributed by atoms with Crippen molar-refractivity contribution in [1.29, 1.82) is 0 Å². The molecule has 1 atom stereocenters. The fourth-order valence-corrected chi connectivity index (χ4v) is 2.35. The molecule has 0 bridgehead atoms. The molecule has 1 aromatic rings. The van der Waals surface area contributed by atoms with E-state index >= 15 is 0 Å². The van der Waals surface area contributed by atoms with Gasteiger partial charge in [0.25, 0.3) is 0 Å². The lowest BCUT2D eigenvalue weighted by Gasteiger charge is -2.15. The van der Waals surface area contributed by atoms with Crippen LogP contribution in [0.25, 0.3) is 0 Å². The molecular formula is C12H13Cl2NO. The molecule has 1 aliphatic heterocycles. The van der Waals surface area contributed by atoms with Gasteiger partial charge in [0.2, 0.25) is 5.91 Å². The lowest BCUT2D eigenvalue weighted by molar-refractivity contribution is -0.129. The van der Waals surface area contributed by atoms with Crippen molar-refractivity contribution in [2.75, 3.05) is 13.1 Å². The molecule has 2 nitrogen and oxygen atoms in total. The van der Waals surface area contributed by atoms with Crippen LogP contribution >= 0.6 is 23.2 Å². The quantitative estimate of drug-likeness (QED) is 0.747. The number of amides is 1. The van der Waals surface area contributed by atoms with E-state index in [0.717, 1.165) is 18.5 Å². The normalized spacial score (nSPS) is 20.1. The van der Waals surface area contributed by atoms with E-state index in [1.165, 1.54) is 0 Å². The Morgan fingerprint density at radius 2 is 2.31 bits per heavy atom. The van der Waals surface area contributed by atoms with Gasteiger partial charge in [-0.1, -0.05) is 23.7 Å². The van der Waals surface area contributed by atoms with Gasteiger partial charge in [0.15, 0.2) is 0 Å². The summed E-state index contributed by atoms with van der Waals surface area (Å²) in [6.07, 6.45) is 1.30. The third-order valence-electron chi connectivity index (χ3n) is 2.73. The van der Waals surface area contributed by atoms with Gasteiger partial charge in [-0.3, -0.25) is 4.79 Å². The molecule has 0 radical (unpaired) electrons. The fraction of sp³-hybridized carbons (Fsp3) is 0.417. The minimum atomic E-state index is 0.114. The maximum Gasteiger partial charge on any atom is 0.227 e. The molecule has 0 N–H and O–H groups in total. The standard InChI is InChI=1S/C12H13Cl2NO/c13-10-3-1-2-9(6-10)7-12(16)15-5-4-11(14)8-15/h1-3,6,11H,4-5,7-8H2. The van der Waals surface area contributed by atoms with Crippen LogP contribution in [0.1, 0.15) is 12.0 Å². The summed E-state index contributed by atoms with van der Waals surface area (Å²) >= 11 is 11.8. The van der Waals surface area contributed by atoms with Crippen LogP contribution in [-0.2, 0) is 11.2 Å². The number of benzene rings is 1. The molecule has 1 aliphatic rings. The Hall–Kier alpha value is -0.730. The summed E-state index contributed by atoms with van der Waals surface area (Å²) in [7, 11) is 0. The summed E-state index contributed by atoms with van der Waals surface area (Å²) in [6.45, 7) is 1.44. The smallest absolute Gasteiger partial charge is 0.227 e. The van der Waals surface area contributed by atoms with Gasteiger partial charge in [-0.15, -0.1) is 11.6 Å². The zero-order valence-corrected chi connectivity index (χ0v) is 10.3. The number of hydrogen-bond acceptors (Lipinski definition) is 1. The molecule has 0 aliphatic carbocycles. The number of carbonyl (C=O) groups is 1. The van der Waals surface area contributed by atoms with Crippen molar-refractivity contribution < 1.29 is 4.79 Å². The Bertz CT molecular complexity index is 394. The van der Waals surface area contributed by atoms with Gasteiger partial charge in [0.05, 0.1) is 11.8 Å². The molecule has 1 aromatic carbocycles. The highest BCUT2D eigenvalue weighted by molar-refractivity contribution is 6.30. The van der Waals surface area contributed by atoms with Crippen molar-refractivity contribution in [3.05, 3.63) is 34.9 Å². The summed E-state index contributed by atoms with van der Waals surface area (Å²) < 4.78 is 0. The summed E-state index contributed by atoms with van der Waals surface area (Å²) in [6, 6.07) is 7.41. The van der Waals surface area contributed by atoms with Crippen LogP contribution in [0.2, 0.25) is 5.02 Å². The molecule has 16 heavy (non-hydrogen) atoms. The van der Waals surface area contributed by atoms with E-state index in [1.807, 2.05) is 23.1 Å². The highest BCUT2D eigenvalue weighted by atomic mass is 35.5. The Morgan fingerprint density at radius 3 is 2.94 bits per heavy atom. The monoisotopic (exact) mass is 257 g/mol. The van der Waals surface area contributed by atoms with Crippen molar-refractivity contribution in [3.8, 4) is 0 Å². The maximum atomic E-state index is 11.9. The molecule has 0 saturated carbocycles. The third-order valence-corrected chi connectivity index (χ3v) is 3.32. The lowest BCUT2D eigenvalue weighted by atomic mass is 10.1. The van der Waals surface area contributed by atoms with E-state index in [2.05, 4.69) is 0 Å². The minimum absolute atomic E-state index is 0.114. The van der Waals surface area contributed by atoms with Gasteiger partial charge < -0.3 is 4.90 Å². The molecule has 86 valence electrons. The molecule has 0 aromatic heterocycles. The van der Waals surface area contributed by atoms with Gasteiger partial charge in [-0.05, 0) is 24.1 Å². The maximum absolute atomic E-state index is 11.9. The SMILES string of the molecule is O=C(Cc1cccc(Cl)c1)N1CCC(Cl)C1. The first-order chi connectivity index (χ1) is 7.65. The Labute approximate surface area is 105 Å². The van der Waals surface area contributed by atoms with E-state index in [-0.39, 0.29) is 11.3 Å². The van der Waals surface area contributed by atoms with Crippen LogP contribution in [0.5, 0.6) is 0 Å². The van der Waals surface area contributed by atoms with Crippen molar-refractivity contribution in [2.24, 2.45) is 0 Å². The van der Waals surface area contributed by atoms with Gasteiger partial charge in [0.1, 0.15) is 0 Å². The largest absolute Gasteiger partial charge is 0.341 e. The molecule has 1 fully saturated rings. The molecule has 1 unspecified atom stereocenters. The predicted octanol–water partition coefficient (Wildman–Crippen LogP) is 2.72. The van der Waals surface area contributed by atoms with Crippen LogP contribution in [0.15, 0.2) is 24.3 Å². The summed E-state index contributed by atoms with van der Waals surface area (Å²) in [5, 5.41) is 0.783. The van der Waals surface area contributed by atoms with Crippen molar-refractivity contribution in [3.63, 3.8) is 0 Å². The Balaban J connectivity index is 1.97. The average molecular weight is 258 g/mol. The Kier molecular flexibility index (Phi) is 3.72. The highest BCUT2D eigenvalue weighted by Gasteiger charge is 2.24. The van der Waals surface area contributed by atoms with Crippen LogP contribution in [0.4, 0.5) is 0 Å². The molecule has 4 heteroatoms. The number of rotatable bonds is 2. The zero-order chi connectivity index (χ0) is 11.5. The van der Waals surface area contributed by atoms with Crippen LogP contribution < -0.4 is 0 Å². The molecular weight excluding hydrogens is 245 g/mol. The number of hydrogen-bond donors (Lipinski definition) is 0. The molecule has 2 rings (SSSR count). The minimum Gasteiger partial charge on any atom is -0.341 e.